The van der Waals surface area contributed by atoms with E-state index in [0.29, 0.717) is 28.2 Å². The van der Waals surface area contributed by atoms with E-state index >= 15 is 0 Å². The molecule has 1 amide bonds. The van der Waals surface area contributed by atoms with Crippen molar-refractivity contribution in [2.45, 2.75) is 6.92 Å². The second-order valence-corrected chi connectivity index (χ2v) is 4.48. The topological polar surface area (TPSA) is 105 Å². The Bertz CT molecular complexity index is 696. The molecule has 0 saturated heterocycles. The zero-order valence-electron chi connectivity index (χ0n) is 11.0. The molecule has 2 aromatic carbocycles. The zero-order valence-corrected chi connectivity index (χ0v) is 11.0. The first-order valence-electron chi connectivity index (χ1n) is 5.98. The van der Waals surface area contributed by atoms with E-state index in [0.717, 1.165) is 5.56 Å². The molecule has 0 aliphatic rings. The second kappa shape index (κ2) is 5.33. The summed E-state index contributed by atoms with van der Waals surface area (Å²) in [6.07, 6.45) is 0. The number of carbonyl (C=O) groups is 1. The average molecular weight is 266 g/mol. The van der Waals surface area contributed by atoms with Crippen molar-refractivity contribution in [3.05, 3.63) is 53.1 Å². The average Bonchev–Trinajstić information content (AvgIpc) is 2.40. The van der Waals surface area contributed by atoms with E-state index in [2.05, 4.69) is 5.32 Å². The standard InChI is InChI=1S/C15H14N4O/c1-9-2-3-10(8-16)4-14(9)19-15(20)11-5-12(17)7-13(18)6-11/h2-7H,17-18H2,1H3,(H,19,20). The van der Waals surface area contributed by atoms with Crippen LogP contribution in [0.3, 0.4) is 0 Å². The maximum atomic E-state index is 12.2. The molecule has 0 fully saturated rings. The van der Waals surface area contributed by atoms with Crippen molar-refractivity contribution in [1.82, 2.24) is 0 Å². The van der Waals surface area contributed by atoms with Crippen LogP contribution in [0.15, 0.2) is 36.4 Å². The highest BCUT2D eigenvalue weighted by Crippen LogP contribution is 2.19. The molecule has 2 rings (SSSR count). The molecule has 0 heterocycles. The summed E-state index contributed by atoms with van der Waals surface area (Å²) in [6, 6.07) is 11.8. The lowest BCUT2D eigenvalue weighted by Crippen LogP contribution is -2.13. The number of benzene rings is 2. The highest BCUT2D eigenvalue weighted by molar-refractivity contribution is 6.05. The third-order valence-corrected chi connectivity index (χ3v) is 2.85. The first kappa shape index (κ1) is 13.4. The monoisotopic (exact) mass is 266 g/mol. The molecule has 0 spiro atoms. The van der Waals surface area contributed by atoms with Gasteiger partial charge < -0.3 is 16.8 Å². The van der Waals surface area contributed by atoms with E-state index < -0.39 is 0 Å². The lowest BCUT2D eigenvalue weighted by atomic mass is 10.1. The van der Waals surface area contributed by atoms with E-state index in [-0.39, 0.29) is 5.91 Å². The van der Waals surface area contributed by atoms with E-state index in [1.54, 1.807) is 36.4 Å². The van der Waals surface area contributed by atoms with Gasteiger partial charge in [0.2, 0.25) is 0 Å². The minimum absolute atomic E-state index is 0.317. The van der Waals surface area contributed by atoms with Gasteiger partial charge in [-0.05, 0) is 42.8 Å². The fourth-order valence-corrected chi connectivity index (χ4v) is 1.83. The van der Waals surface area contributed by atoms with Crippen LogP contribution in [-0.2, 0) is 0 Å². The highest BCUT2D eigenvalue weighted by Gasteiger charge is 2.09. The lowest BCUT2D eigenvalue weighted by Gasteiger charge is -2.09. The molecular weight excluding hydrogens is 252 g/mol. The van der Waals surface area contributed by atoms with Crippen molar-refractivity contribution in [3.8, 4) is 6.07 Å². The Labute approximate surface area is 116 Å². The predicted octanol–water partition coefficient (Wildman–Crippen LogP) is 2.28. The van der Waals surface area contributed by atoms with Crippen LogP contribution in [0.5, 0.6) is 0 Å². The summed E-state index contributed by atoms with van der Waals surface area (Å²) in [5, 5.41) is 11.6. The molecule has 0 aromatic heterocycles. The summed E-state index contributed by atoms with van der Waals surface area (Å²) in [7, 11) is 0. The van der Waals surface area contributed by atoms with Crippen molar-refractivity contribution < 1.29 is 4.79 Å². The number of aryl methyl sites for hydroxylation is 1. The van der Waals surface area contributed by atoms with Gasteiger partial charge in [-0.1, -0.05) is 6.07 Å². The third-order valence-electron chi connectivity index (χ3n) is 2.85. The van der Waals surface area contributed by atoms with Crippen LogP contribution in [0.4, 0.5) is 17.1 Å². The Kier molecular flexibility index (Phi) is 3.58. The van der Waals surface area contributed by atoms with Crippen LogP contribution in [0, 0.1) is 18.3 Å². The zero-order chi connectivity index (χ0) is 14.7. The largest absolute Gasteiger partial charge is 0.399 e. The number of nitriles is 1. The van der Waals surface area contributed by atoms with Gasteiger partial charge in [-0.3, -0.25) is 4.79 Å². The van der Waals surface area contributed by atoms with Crippen molar-refractivity contribution >= 4 is 23.0 Å². The minimum atomic E-state index is -0.317. The third kappa shape index (κ3) is 2.87. The Morgan fingerprint density at radius 2 is 1.80 bits per heavy atom. The first-order chi connectivity index (χ1) is 9.49. The Balaban J connectivity index is 2.30. The molecule has 0 bridgehead atoms. The van der Waals surface area contributed by atoms with Gasteiger partial charge in [0.25, 0.3) is 5.91 Å². The number of nitrogens with one attached hydrogen (secondary N) is 1. The molecule has 5 heteroatoms. The summed E-state index contributed by atoms with van der Waals surface area (Å²) in [6.45, 7) is 1.85. The quantitative estimate of drug-likeness (QED) is 0.725. The van der Waals surface area contributed by atoms with E-state index in [1.165, 1.54) is 0 Å². The normalized spacial score (nSPS) is 9.80. The van der Waals surface area contributed by atoms with E-state index in [1.807, 2.05) is 13.0 Å². The Hall–Kier alpha value is -3.00. The molecule has 100 valence electrons. The summed E-state index contributed by atoms with van der Waals surface area (Å²) >= 11 is 0. The number of anilines is 3. The first-order valence-corrected chi connectivity index (χ1v) is 5.98. The van der Waals surface area contributed by atoms with Crippen LogP contribution in [0.25, 0.3) is 0 Å². The Morgan fingerprint density at radius 1 is 1.15 bits per heavy atom. The van der Waals surface area contributed by atoms with Crippen LogP contribution in [-0.4, -0.2) is 5.91 Å². The smallest absolute Gasteiger partial charge is 0.255 e. The number of nitrogens with zero attached hydrogens (tertiary/aromatic N) is 1. The maximum absolute atomic E-state index is 12.2. The van der Waals surface area contributed by atoms with Gasteiger partial charge in [0.15, 0.2) is 0 Å². The second-order valence-electron chi connectivity index (χ2n) is 4.48. The predicted molar refractivity (Wildman–Crippen MR) is 79.1 cm³/mol. The summed E-state index contributed by atoms with van der Waals surface area (Å²) < 4.78 is 0. The van der Waals surface area contributed by atoms with Crippen molar-refractivity contribution in [2.75, 3.05) is 16.8 Å². The van der Waals surface area contributed by atoms with Gasteiger partial charge in [0, 0.05) is 22.6 Å². The van der Waals surface area contributed by atoms with Crippen LogP contribution in [0.1, 0.15) is 21.5 Å². The van der Waals surface area contributed by atoms with E-state index in [4.69, 9.17) is 16.7 Å². The number of hydrogen-bond acceptors (Lipinski definition) is 4. The molecule has 0 aliphatic carbocycles. The molecule has 20 heavy (non-hydrogen) atoms. The molecule has 0 aliphatic heterocycles. The summed E-state index contributed by atoms with van der Waals surface area (Å²) in [5.74, 6) is -0.317. The fraction of sp³-hybridized carbons (Fsp3) is 0.0667. The molecule has 0 atom stereocenters. The number of nitrogen functional groups attached to an aromatic ring is 2. The van der Waals surface area contributed by atoms with Crippen LogP contribution < -0.4 is 16.8 Å². The number of hydrogen-bond donors (Lipinski definition) is 3. The molecule has 5 N–H and O–H groups in total. The molecule has 0 saturated carbocycles. The molecule has 0 unspecified atom stereocenters. The van der Waals surface area contributed by atoms with Gasteiger partial charge in [-0.15, -0.1) is 0 Å². The van der Waals surface area contributed by atoms with E-state index in [9.17, 15) is 4.79 Å². The lowest BCUT2D eigenvalue weighted by molar-refractivity contribution is 0.102. The fourth-order valence-electron chi connectivity index (χ4n) is 1.83. The van der Waals surface area contributed by atoms with Gasteiger partial charge in [-0.2, -0.15) is 5.26 Å². The van der Waals surface area contributed by atoms with Gasteiger partial charge in [0.05, 0.1) is 11.6 Å². The van der Waals surface area contributed by atoms with Crippen LogP contribution >= 0.6 is 0 Å². The molecular formula is C15H14N4O. The number of carbonyl (C=O) groups excluding carboxylic acids is 1. The van der Waals surface area contributed by atoms with Crippen molar-refractivity contribution in [3.63, 3.8) is 0 Å². The van der Waals surface area contributed by atoms with Gasteiger partial charge in [0.1, 0.15) is 0 Å². The molecule has 0 radical (unpaired) electrons. The minimum Gasteiger partial charge on any atom is -0.399 e. The maximum Gasteiger partial charge on any atom is 0.255 e. The van der Waals surface area contributed by atoms with Gasteiger partial charge in [-0.25, -0.2) is 0 Å². The number of amides is 1. The number of nitrogens with two attached hydrogens (primary N) is 2. The van der Waals surface area contributed by atoms with Crippen molar-refractivity contribution in [1.29, 1.82) is 5.26 Å². The summed E-state index contributed by atoms with van der Waals surface area (Å²) in [4.78, 5) is 12.2. The van der Waals surface area contributed by atoms with Crippen molar-refractivity contribution in [2.24, 2.45) is 0 Å². The SMILES string of the molecule is Cc1ccc(C#N)cc1NC(=O)c1cc(N)cc(N)c1. The highest BCUT2D eigenvalue weighted by atomic mass is 16.1. The van der Waals surface area contributed by atoms with Crippen LogP contribution in [0.2, 0.25) is 0 Å². The molecule has 5 nitrogen and oxygen atoms in total. The van der Waals surface area contributed by atoms with Gasteiger partial charge >= 0.3 is 0 Å². The number of rotatable bonds is 2. The molecule has 2 aromatic rings. The Morgan fingerprint density at radius 3 is 2.40 bits per heavy atom. The summed E-state index contributed by atoms with van der Waals surface area (Å²) in [5.41, 5.74) is 14.5.